The van der Waals surface area contributed by atoms with Gasteiger partial charge in [0.05, 0.1) is 0 Å². The molecule has 1 unspecified atom stereocenters. The number of primary amides is 1. The first-order valence-electron chi connectivity index (χ1n) is 9.53. The largest absolute Gasteiger partial charge is 0.368 e. The minimum atomic E-state index is -0.485. The number of hydrogen-bond acceptors (Lipinski definition) is 4. The van der Waals surface area contributed by atoms with Crippen LogP contribution in [0.1, 0.15) is 33.9 Å². The standard InChI is InChI=1S/C23H26N4O/c1-17-4-7-20(8-5-17)22(23(24)28)27-14-11-19-10-13-26-16-21(19)9-6-18-3-2-12-25-15-18/h2-5,7-8,10,12-13,15-16,22,27H,6,9,11,14H2,1H3,(H2,24,28). The van der Waals surface area contributed by atoms with E-state index in [9.17, 15) is 4.79 Å². The van der Waals surface area contributed by atoms with Gasteiger partial charge in [0.2, 0.25) is 5.91 Å². The smallest absolute Gasteiger partial charge is 0.239 e. The van der Waals surface area contributed by atoms with Gasteiger partial charge in [-0.3, -0.25) is 14.8 Å². The minimum Gasteiger partial charge on any atom is -0.368 e. The molecule has 144 valence electrons. The number of aromatic nitrogens is 2. The summed E-state index contributed by atoms with van der Waals surface area (Å²) in [5, 5.41) is 3.30. The van der Waals surface area contributed by atoms with E-state index in [0.717, 1.165) is 30.4 Å². The Balaban J connectivity index is 1.60. The lowest BCUT2D eigenvalue weighted by Crippen LogP contribution is -2.34. The van der Waals surface area contributed by atoms with Crippen LogP contribution in [-0.2, 0) is 24.1 Å². The van der Waals surface area contributed by atoms with E-state index in [1.54, 1.807) is 6.20 Å². The first-order valence-corrected chi connectivity index (χ1v) is 9.53. The van der Waals surface area contributed by atoms with Gasteiger partial charge in [0.25, 0.3) is 0 Å². The molecule has 0 fully saturated rings. The highest BCUT2D eigenvalue weighted by Gasteiger charge is 2.16. The number of carbonyl (C=O) groups excluding carboxylic acids is 1. The number of carbonyl (C=O) groups is 1. The summed E-state index contributed by atoms with van der Waals surface area (Å²) in [6.45, 7) is 2.68. The lowest BCUT2D eigenvalue weighted by Gasteiger charge is -2.17. The van der Waals surface area contributed by atoms with Crippen molar-refractivity contribution in [2.75, 3.05) is 6.54 Å². The predicted octanol–water partition coefficient (Wildman–Crippen LogP) is 2.93. The lowest BCUT2D eigenvalue weighted by molar-refractivity contribution is -0.120. The highest BCUT2D eigenvalue weighted by Crippen LogP contribution is 2.15. The SMILES string of the molecule is Cc1ccc(C(NCCc2ccncc2CCc2cccnc2)C(N)=O)cc1. The number of aryl methyl sites for hydroxylation is 3. The van der Waals surface area contributed by atoms with Crippen LogP contribution >= 0.6 is 0 Å². The molecule has 0 saturated heterocycles. The second-order valence-electron chi connectivity index (χ2n) is 6.96. The maximum atomic E-state index is 11.9. The summed E-state index contributed by atoms with van der Waals surface area (Å²) in [4.78, 5) is 20.3. The Morgan fingerprint density at radius 3 is 2.46 bits per heavy atom. The molecule has 0 bridgehead atoms. The highest BCUT2D eigenvalue weighted by molar-refractivity contribution is 5.81. The van der Waals surface area contributed by atoms with Gasteiger partial charge in [0, 0.05) is 31.3 Å². The molecule has 0 aliphatic rings. The Morgan fingerprint density at radius 2 is 1.75 bits per heavy atom. The second kappa shape index (κ2) is 9.76. The van der Waals surface area contributed by atoms with Gasteiger partial charge in [0.1, 0.15) is 6.04 Å². The Morgan fingerprint density at radius 1 is 0.964 bits per heavy atom. The van der Waals surface area contributed by atoms with Crippen molar-refractivity contribution in [1.29, 1.82) is 0 Å². The molecule has 3 aromatic rings. The molecule has 0 aliphatic heterocycles. The van der Waals surface area contributed by atoms with Crippen LogP contribution in [-0.4, -0.2) is 22.4 Å². The topological polar surface area (TPSA) is 80.9 Å². The zero-order valence-electron chi connectivity index (χ0n) is 16.1. The van der Waals surface area contributed by atoms with Crippen LogP contribution in [0.15, 0.2) is 67.3 Å². The summed E-state index contributed by atoms with van der Waals surface area (Å²) in [6, 6.07) is 13.5. The molecule has 5 heteroatoms. The number of amides is 1. The molecule has 3 rings (SSSR count). The van der Waals surface area contributed by atoms with E-state index in [1.807, 2.05) is 61.9 Å². The van der Waals surface area contributed by atoms with E-state index in [-0.39, 0.29) is 5.91 Å². The number of pyridine rings is 2. The Labute approximate surface area is 166 Å². The molecule has 3 N–H and O–H groups in total. The molecule has 5 nitrogen and oxygen atoms in total. The lowest BCUT2D eigenvalue weighted by atomic mass is 10.00. The number of rotatable bonds is 9. The van der Waals surface area contributed by atoms with Crippen molar-refractivity contribution in [1.82, 2.24) is 15.3 Å². The van der Waals surface area contributed by atoms with Gasteiger partial charge in [-0.05, 0) is 60.6 Å². The minimum absolute atomic E-state index is 0.365. The maximum Gasteiger partial charge on any atom is 0.239 e. The zero-order chi connectivity index (χ0) is 19.8. The fraction of sp³-hybridized carbons (Fsp3) is 0.261. The van der Waals surface area contributed by atoms with Crippen molar-refractivity contribution < 1.29 is 4.79 Å². The van der Waals surface area contributed by atoms with Crippen LogP contribution in [0.2, 0.25) is 0 Å². The average molecular weight is 374 g/mol. The fourth-order valence-corrected chi connectivity index (χ4v) is 3.24. The van der Waals surface area contributed by atoms with Crippen LogP contribution in [0.3, 0.4) is 0 Å². The van der Waals surface area contributed by atoms with Crippen molar-refractivity contribution >= 4 is 5.91 Å². The van der Waals surface area contributed by atoms with Gasteiger partial charge in [-0.1, -0.05) is 35.9 Å². The first-order chi connectivity index (χ1) is 13.6. The molecule has 2 heterocycles. The van der Waals surface area contributed by atoms with Gasteiger partial charge < -0.3 is 11.1 Å². The van der Waals surface area contributed by atoms with Crippen LogP contribution in [0.5, 0.6) is 0 Å². The highest BCUT2D eigenvalue weighted by atomic mass is 16.1. The molecular weight excluding hydrogens is 348 g/mol. The number of nitrogens with zero attached hydrogens (tertiary/aromatic N) is 2. The molecule has 0 spiro atoms. The van der Waals surface area contributed by atoms with Crippen molar-refractivity contribution in [3.05, 3.63) is 95.1 Å². The molecule has 0 aliphatic carbocycles. The number of nitrogens with one attached hydrogen (secondary N) is 1. The molecule has 1 amide bonds. The van der Waals surface area contributed by atoms with E-state index >= 15 is 0 Å². The molecule has 1 aromatic carbocycles. The third kappa shape index (κ3) is 5.47. The molecule has 0 saturated carbocycles. The maximum absolute atomic E-state index is 11.9. The summed E-state index contributed by atoms with van der Waals surface area (Å²) < 4.78 is 0. The third-order valence-corrected chi connectivity index (χ3v) is 4.85. The Hall–Kier alpha value is -3.05. The van der Waals surface area contributed by atoms with Crippen molar-refractivity contribution in [2.24, 2.45) is 5.73 Å². The van der Waals surface area contributed by atoms with Gasteiger partial charge in [-0.25, -0.2) is 0 Å². The summed E-state index contributed by atoms with van der Waals surface area (Å²) in [7, 11) is 0. The van der Waals surface area contributed by atoms with Crippen molar-refractivity contribution in [3.8, 4) is 0 Å². The zero-order valence-corrected chi connectivity index (χ0v) is 16.1. The van der Waals surface area contributed by atoms with Gasteiger partial charge in [0.15, 0.2) is 0 Å². The van der Waals surface area contributed by atoms with Gasteiger partial charge in [-0.15, -0.1) is 0 Å². The normalized spacial score (nSPS) is 11.9. The summed E-state index contributed by atoms with van der Waals surface area (Å²) in [5.41, 5.74) is 11.3. The molecule has 1 atom stereocenters. The van der Waals surface area contributed by atoms with Crippen molar-refractivity contribution in [2.45, 2.75) is 32.2 Å². The molecule has 2 aromatic heterocycles. The van der Waals surface area contributed by atoms with Gasteiger partial charge >= 0.3 is 0 Å². The van der Waals surface area contributed by atoms with E-state index in [4.69, 9.17) is 5.73 Å². The van der Waals surface area contributed by atoms with Crippen LogP contribution in [0.25, 0.3) is 0 Å². The molecular formula is C23H26N4O. The van der Waals surface area contributed by atoms with Crippen LogP contribution in [0.4, 0.5) is 0 Å². The Kier molecular flexibility index (Phi) is 6.87. The summed E-state index contributed by atoms with van der Waals surface area (Å²) >= 11 is 0. The van der Waals surface area contributed by atoms with E-state index in [1.165, 1.54) is 16.7 Å². The van der Waals surface area contributed by atoms with E-state index in [2.05, 4.69) is 21.4 Å². The quantitative estimate of drug-likeness (QED) is 0.603. The van der Waals surface area contributed by atoms with Gasteiger partial charge in [-0.2, -0.15) is 0 Å². The number of nitrogens with two attached hydrogens (primary N) is 1. The first kappa shape index (κ1) is 19.7. The Bertz CT molecular complexity index is 894. The van der Waals surface area contributed by atoms with Crippen LogP contribution in [0, 0.1) is 6.92 Å². The van der Waals surface area contributed by atoms with E-state index < -0.39 is 6.04 Å². The van der Waals surface area contributed by atoms with Crippen LogP contribution < -0.4 is 11.1 Å². The van der Waals surface area contributed by atoms with E-state index in [0.29, 0.717) is 6.54 Å². The monoisotopic (exact) mass is 374 g/mol. The fourth-order valence-electron chi connectivity index (χ4n) is 3.24. The second-order valence-corrected chi connectivity index (χ2v) is 6.96. The summed E-state index contributed by atoms with van der Waals surface area (Å²) in [6.07, 6.45) is 10.1. The third-order valence-electron chi connectivity index (χ3n) is 4.85. The molecule has 0 radical (unpaired) electrons. The molecule has 28 heavy (non-hydrogen) atoms. The number of hydrogen-bond donors (Lipinski definition) is 2. The number of benzene rings is 1. The predicted molar refractivity (Wildman–Crippen MR) is 111 cm³/mol. The average Bonchev–Trinajstić information content (AvgIpc) is 2.72. The summed E-state index contributed by atoms with van der Waals surface area (Å²) in [5.74, 6) is -0.365. The van der Waals surface area contributed by atoms with Crippen molar-refractivity contribution in [3.63, 3.8) is 0 Å².